The summed E-state index contributed by atoms with van der Waals surface area (Å²) in [6, 6.07) is 7.51. The molecular weight excluding hydrogens is 392 g/mol. The van der Waals surface area contributed by atoms with Gasteiger partial charge in [0.2, 0.25) is 0 Å². The second kappa shape index (κ2) is 9.35. The number of hydrazine groups is 1. The lowest BCUT2D eigenvalue weighted by Crippen LogP contribution is -2.37. The Labute approximate surface area is 185 Å². The summed E-state index contributed by atoms with van der Waals surface area (Å²) in [5, 5.41) is 2.85. The van der Waals surface area contributed by atoms with Crippen molar-refractivity contribution in [2.24, 2.45) is 11.8 Å². The van der Waals surface area contributed by atoms with Gasteiger partial charge in [0.05, 0.1) is 12.1 Å². The van der Waals surface area contributed by atoms with Crippen molar-refractivity contribution in [3.63, 3.8) is 0 Å². The molecule has 1 aromatic carbocycles. The standard InChI is InChI=1S/C24H36N4O3/c1-16-4-2-8-28(14-16)19-11-17-10-18(12-19)23-21-13-20(5-6-22(21)26-27-23)30-9-3-7-25-24(29)31-15-17/h10-12,16,20-23,26-27H,2-9,13-15H2,1H3,(H,25,29). The van der Waals surface area contributed by atoms with Gasteiger partial charge in [-0.25, -0.2) is 10.2 Å². The molecule has 4 bridgehead atoms. The number of carbonyl (C=O) groups is 1. The second-order valence-electron chi connectivity index (χ2n) is 9.83. The summed E-state index contributed by atoms with van der Waals surface area (Å²) >= 11 is 0. The van der Waals surface area contributed by atoms with E-state index in [1.54, 1.807) is 0 Å². The molecule has 5 rings (SSSR count). The molecule has 4 aliphatic rings. The molecule has 0 radical (unpaired) electrons. The maximum absolute atomic E-state index is 12.1. The molecule has 1 aliphatic carbocycles. The van der Waals surface area contributed by atoms with E-state index in [1.165, 1.54) is 24.1 Å². The van der Waals surface area contributed by atoms with Crippen molar-refractivity contribution in [1.82, 2.24) is 16.2 Å². The first-order chi connectivity index (χ1) is 15.2. The van der Waals surface area contributed by atoms with Gasteiger partial charge < -0.3 is 19.7 Å². The highest BCUT2D eigenvalue weighted by molar-refractivity contribution is 5.67. The van der Waals surface area contributed by atoms with Crippen LogP contribution in [-0.2, 0) is 16.1 Å². The molecule has 1 aromatic rings. The first-order valence-electron chi connectivity index (χ1n) is 12.1. The molecule has 7 heteroatoms. The number of nitrogens with zero attached hydrogens (tertiary/aromatic N) is 1. The van der Waals surface area contributed by atoms with Gasteiger partial charge in [0.1, 0.15) is 6.61 Å². The van der Waals surface area contributed by atoms with Crippen molar-refractivity contribution in [3.05, 3.63) is 29.3 Å². The number of piperidine rings is 1. The van der Waals surface area contributed by atoms with E-state index in [2.05, 4.69) is 46.2 Å². The molecule has 5 atom stereocenters. The van der Waals surface area contributed by atoms with Crippen molar-refractivity contribution in [3.8, 4) is 0 Å². The fourth-order valence-electron chi connectivity index (χ4n) is 5.78. The number of hydrogen-bond acceptors (Lipinski definition) is 6. The Morgan fingerprint density at radius 2 is 2.03 bits per heavy atom. The lowest BCUT2D eigenvalue weighted by molar-refractivity contribution is 0.00716. The fourth-order valence-corrected chi connectivity index (χ4v) is 5.78. The summed E-state index contributed by atoms with van der Waals surface area (Å²) in [6.07, 6.45) is 6.58. The topological polar surface area (TPSA) is 74.9 Å². The highest BCUT2D eigenvalue weighted by Crippen LogP contribution is 2.40. The molecular formula is C24H36N4O3. The highest BCUT2D eigenvalue weighted by Gasteiger charge is 2.41. The van der Waals surface area contributed by atoms with Crippen LogP contribution in [0.2, 0.25) is 0 Å². The van der Waals surface area contributed by atoms with E-state index in [9.17, 15) is 4.79 Å². The van der Waals surface area contributed by atoms with Gasteiger partial charge in [0.25, 0.3) is 0 Å². The molecule has 3 N–H and O–H groups in total. The number of alkyl carbamates (subject to hydrolysis) is 1. The van der Waals surface area contributed by atoms with Crippen LogP contribution in [0.15, 0.2) is 18.2 Å². The quantitative estimate of drug-likeness (QED) is 0.638. The van der Waals surface area contributed by atoms with Crippen LogP contribution >= 0.6 is 0 Å². The van der Waals surface area contributed by atoms with E-state index in [0.29, 0.717) is 43.7 Å². The van der Waals surface area contributed by atoms with E-state index >= 15 is 0 Å². The molecule has 3 heterocycles. The van der Waals surface area contributed by atoms with Gasteiger partial charge in [-0.15, -0.1) is 0 Å². The summed E-state index contributed by atoms with van der Waals surface area (Å²) in [7, 11) is 0. The Morgan fingerprint density at radius 1 is 1.10 bits per heavy atom. The molecule has 5 unspecified atom stereocenters. The number of benzene rings is 1. The lowest BCUT2D eigenvalue weighted by atomic mass is 9.78. The van der Waals surface area contributed by atoms with Crippen LogP contribution in [0.1, 0.15) is 62.6 Å². The average Bonchev–Trinajstić information content (AvgIpc) is 3.20. The Bertz CT molecular complexity index is 788. The third-order valence-corrected chi connectivity index (χ3v) is 7.40. The minimum atomic E-state index is -0.354. The smallest absolute Gasteiger partial charge is 0.407 e. The SMILES string of the molecule is CC1CCCN(c2cc3cc(c2)C2NNC4CCC(CC42)OCCCNC(=O)OC3)C1. The van der Waals surface area contributed by atoms with Crippen molar-refractivity contribution < 1.29 is 14.3 Å². The van der Waals surface area contributed by atoms with E-state index in [1.807, 2.05) is 0 Å². The van der Waals surface area contributed by atoms with Crippen LogP contribution in [0, 0.1) is 11.8 Å². The van der Waals surface area contributed by atoms with Gasteiger partial charge in [0.15, 0.2) is 0 Å². The lowest BCUT2D eigenvalue weighted by Gasteiger charge is -2.35. The van der Waals surface area contributed by atoms with Crippen LogP contribution in [0.25, 0.3) is 0 Å². The van der Waals surface area contributed by atoms with Crippen molar-refractivity contribution in [1.29, 1.82) is 0 Å². The van der Waals surface area contributed by atoms with Crippen LogP contribution in [0.3, 0.4) is 0 Å². The van der Waals surface area contributed by atoms with Gasteiger partial charge in [-0.05, 0) is 73.6 Å². The monoisotopic (exact) mass is 428 g/mol. The molecule has 2 saturated heterocycles. The highest BCUT2D eigenvalue weighted by atomic mass is 16.5. The molecule has 170 valence electrons. The largest absolute Gasteiger partial charge is 0.445 e. The van der Waals surface area contributed by atoms with Gasteiger partial charge in [0, 0.05) is 38.0 Å². The number of ether oxygens (including phenoxy) is 2. The maximum Gasteiger partial charge on any atom is 0.407 e. The average molecular weight is 429 g/mol. The number of cyclic esters (lactones) is 1. The minimum absolute atomic E-state index is 0.247. The zero-order valence-corrected chi connectivity index (χ0v) is 18.6. The Kier molecular flexibility index (Phi) is 6.34. The zero-order chi connectivity index (χ0) is 21.2. The number of nitrogens with one attached hydrogen (secondary N) is 3. The predicted molar refractivity (Wildman–Crippen MR) is 120 cm³/mol. The van der Waals surface area contributed by atoms with Crippen molar-refractivity contribution >= 4 is 11.8 Å². The van der Waals surface area contributed by atoms with Gasteiger partial charge in [-0.3, -0.25) is 5.43 Å². The maximum atomic E-state index is 12.1. The molecule has 1 amide bonds. The third-order valence-electron chi connectivity index (χ3n) is 7.40. The summed E-state index contributed by atoms with van der Waals surface area (Å²) in [6.45, 7) is 6.07. The predicted octanol–water partition coefficient (Wildman–Crippen LogP) is 3.26. The number of carbonyl (C=O) groups excluding carboxylic acids is 1. The zero-order valence-electron chi connectivity index (χ0n) is 18.6. The molecule has 3 fully saturated rings. The Balaban J connectivity index is 1.46. The van der Waals surface area contributed by atoms with Crippen molar-refractivity contribution in [2.75, 3.05) is 31.1 Å². The molecule has 0 spiro atoms. The Hall–Kier alpha value is -1.83. The summed E-state index contributed by atoms with van der Waals surface area (Å²) in [4.78, 5) is 14.7. The van der Waals surface area contributed by atoms with Crippen LogP contribution < -0.4 is 21.1 Å². The number of fused-ring (bicyclic) bond motifs is 4. The van der Waals surface area contributed by atoms with Gasteiger partial charge in [-0.1, -0.05) is 13.0 Å². The summed E-state index contributed by atoms with van der Waals surface area (Å²) in [5.41, 5.74) is 10.7. The van der Waals surface area contributed by atoms with Crippen molar-refractivity contribution in [2.45, 2.75) is 70.2 Å². The molecule has 31 heavy (non-hydrogen) atoms. The Morgan fingerprint density at radius 3 is 2.94 bits per heavy atom. The van der Waals surface area contributed by atoms with E-state index < -0.39 is 0 Å². The second-order valence-corrected chi connectivity index (χ2v) is 9.83. The molecule has 3 aliphatic heterocycles. The minimum Gasteiger partial charge on any atom is -0.445 e. The fraction of sp³-hybridized carbons (Fsp3) is 0.708. The number of hydrogen-bond donors (Lipinski definition) is 3. The van der Waals surface area contributed by atoms with E-state index in [4.69, 9.17) is 9.47 Å². The molecule has 7 nitrogen and oxygen atoms in total. The first-order valence-corrected chi connectivity index (χ1v) is 12.1. The molecule has 1 saturated carbocycles. The normalized spacial score (nSPS) is 34.3. The van der Waals surface area contributed by atoms with Gasteiger partial charge >= 0.3 is 6.09 Å². The van der Waals surface area contributed by atoms with Crippen LogP contribution in [-0.4, -0.2) is 44.5 Å². The van der Waals surface area contributed by atoms with E-state index in [-0.39, 0.29) is 12.1 Å². The first kappa shape index (κ1) is 21.0. The summed E-state index contributed by atoms with van der Waals surface area (Å²) in [5.74, 6) is 1.21. The number of rotatable bonds is 1. The third kappa shape index (κ3) is 4.83. The number of anilines is 1. The van der Waals surface area contributed by atoms with Crippen LogP contribution in [0.4, 0.5) is 10.5 Å². The number of amides is 1. The van der Waals surface area contributed by atoms with Gasteiger partial charge in [-0.2, -0.15) is 0 Å². The van der Waals surface area contributed by atoms with Crippen LogP contribution in [0.5, 0.6) is 0 Å². The molecule has 0 aromatic heterocycles. The summed E-state index contributed by atoms with van der Waals surface area (Å²) < 4.78 is 11.7. The van der Waals surface area contributed by atoms with E-state index in [0.717, 1.165) is 44.3 Å².